The SMILES string of the molecule is CCCCOC[C@@H]1C[C@@](C)(OCCCC)C(=O)O1. The molecule has 2 atom stereocenters. The van der Waals surface area contributed by atoms with Crippen LogP contribution in [0.3, 0.4) is 0 Å². The Morgan fingerprint density at radius 2 is 1.94 bits per heavy atom. The molecule has 18 heavy (non-hydrogen) atoms. The highest BCUT2D eigenvalue weighted by Crippen LogP contribution is 2.29. The number of hydrogen-bond acceptors (Lipinski definition) is 4. The lowest BCUT2D eigenvalue weighted by molar-refractivity contribution is -0.159. The second-order valence-corrected chi connectivity index (χ2v) is 5.09. The predicted octanol–water partition coefficient (Wildman–Crippen LogP) is 2.69. The van der Waals surface area contributed by atoms with Gasteiger partial charge in [-0.3, -0.25) is 0 Å². The molecule has 0 bridgehead atoms. The summed E-state index contributed by atoms with van der Waals surface area (Å²) in [5.74, 6) is -0.248. The summed E-state index contributed by atoms with van der Waals surface area (Å²) in [5, 5.41) is 0. The number of rotatable bonds is 9. The smallest absolute Gasteiger partial charge is 0.338 e. The Kier molecular flexibility index (Phi) is 6.65. The van der Waals surface area contributed by atoms with Crippen molar-refractivity contribution in [2.24, 2.45) is 0 Å². The Morgan fingerprint density at radius 1 is 1.28 bits per heavy atom. The second-order valence-electron chi connectivity index (χ2n) is 5.09. The Morgan fingerprint density at radius 3 is 2.61 bits per heavy atom. The first-order chi connectivity index (χ1) is 8.62. The summed E-state index contributed by atoms with van der Waals surface area (Å²) in [6.07, 6.45) is 4.64. The van der Waals surface area contributed by atoms with E-state index in [1.165, 1.54) is 0 Å². The average Bonchev–Trinajstić information content (AvgIpc) is 2.61. The van der Waals surface area contributed by atoms with Crippen LogP contribution < -0.4 is 0 Å². The van der Waals surface area contributed by atoms with E-state index < -0.39 is 5.60 Å². The molecule has 0 aromatic carbocycles. The van der Waals surface area contributed by atoms with Gasteiger partial charge in [0.25, 0.3) is 0 Å². The van der Waals surface area contributed by atoms with Gasteiger partial charge in [-0.15, -0.1) is 0 Å². The summed E-state index contributed by atoms with van der Waals surface area (Å²) in [4.78, 5) is 11.8. The van der Waals surface area contributed by atoms with Crippen LogP contribution in [0.5, 0.6) is 0 Å². The third kappa shape index (κ3) is 4.58. The minimum atomic E-state index is -0.770. The van der Waals surface area contributed by atoms with E-state index in [0.717, 1.165) is 32.3 Å². The van der Waals surface area contributed by atoms with E-state index in [1.807, 2.05) is 6.92 Å². The van der Waals surface area contributed by atoms with Crippen LogP contribution in [-0.4, -0.2) is 37.5 Å². The molecule has 1 aliphatic rings. The van der Waals surface area contributed by atoms with Crippen LogP contribution in [0.2, 0.25) is 0 Å². The molecule has 0 saturated carbocycles. The van der Waals surface area contributed by atoms with Crippen LogP contribution in [0.4, 0.5) is 0 Å². The molecule has 4 nitrogen and oxygen atoms in total. The molecule has 1 aliphatic heterocycles. The maximum Gasteiger partial charge on any atom is 0.338 e. The fraction of sp³-hybridized carbons (Fsp3) is 0.929. The van der Waals surface area contributed by atoms with Crippen molar-refractivity contribution < 1.29 is 19.0 Å². The molecule has 106 valence electrons. The van der Waals surface area contributed by atoms with Crippen molar-refractivity contribution in [3.8, 4) is 0 Å². The van der Waals surface area contributed by atoms with Crippen LogP contribution in [0.1, 0.15) is 52.9 Å². The van der Waals surface area contributed by atoms with Crippen molar-refractivity contribution in [3.05, 3.63) is 0 Å². The van der Waals surface area contributed by atoms with E-state index in [2.05, 4.69) is 13.8 Å². The Hall–Kier alpha value is -0.610. The third-order valence-corrected chi connectivity index (χ3v) is 3.19. The van der Waals surface area contributed by atoms with Crippen LogP contribution in [-0.2, 0) is 19.0 Å². The highest BCUT2D eigenvalue weighted by atomic mass is 16.6. The van der Waals surface area contributed by atoms with Gasteiger partial charge < -0.3 is 14.2 Å². The lowest BCUT2D eigenvalue weighted by Gasteiger charge is -2.19. The molecule has 1 saturated heterocycles. The monoisotopic (exact) mass is 258 g/mol. The highest BCUT2D eigenvalue weighted by molar-refractivity contribution is 5.81. The van der Waals surface area contributed by atoms with Crippen LogP contribution in [0.15, 0.2) is 0 Å². The van der Waals surface area contributed by atoms with E-state index in [-0.39, 0.29) is 12.1 Å². The maximum atomic E-state index is 11.8. The van der Waals surface area contributed by atoms with Crippen LogP contribution in [0.25, 0.3) is 0 Å². The normalized spacial score (nSPS) is 27.5. The lowest BCUT2D eigenvalue weighted by Crippen LogP contribution is -2.34. The molecule has 0 amide bonds. The Labute approximate surface area is 110 Å². The molecular weight excluding hydrogens is 232 g/mol. The molecule has 1 fully saturated rings. The van der Waals surface area contributed by atoms with Gasteiger partial charge in [0.05, 0.1) is 6.61 Å². The summed E-state index contributed by atoms with van der Waals surface area (Å²) >= 11 is 0. The Bertz CT molecular complexity index is 254. The zero-order valence-corrected chi connectivity index (χ0v) is 11.9. The van der Waals surface area contributed by atoms with Crippen molar-refractivity contribution in [1.82, 2.24) is 0 Å². The minimum absolute atomic E-state index is 0.152. The first-order valence-corrected chi connectivity index (χ1v) is 7.05. The maximum absolute atomic E-state index is 11.8. The summed E-state index contributed by atoms with van der Waals surface area (Å²) < 4.78 is 16.5. The van der Waals surface area contributed by atoms with Gasteiger partial charge in [-0.1, -0.05) is 26.7 Å². The zero-order chi connectivity index (χ0) is 13.4. The largest absolute Gasteiger partial charge is 0.458 e. The highest BCUT2D eigenvalue weighted by Gasteiger charge is 2.46. The van der Waals surface area contributed by atoms with Gasteiger partial charge in [0.15, 0.2) is 5.60 Å². The van der Waals surface area contributed by atoms with E-state index in [4.69, 9.17) is 14.2 Å². The number of unbranched alkanes of at least 4 members (excludes halogenated alkanes) is 2. The average molecular weight is 258 g/mol. The fourth-order valence-electron chi connectivity index (χ4n) is 1.95. The first-order valence-electron chi connectivity index (χ1n) is 7.05. The third-order valence-electron chi connectivity index (χ3n) is 3.19. The molecule has 0 aromatic heterocycles. The van der Waals surface area contributed by atoms with Crippen molar-refractivity contribution in [2.45, 2.75) is 64.6 Å². The lowest BCUT2D eigenvalue weighted by atomic mass is 10.0. The van der Waals surface area contributed by atoms with Gasteiger partial charge in [-0.25, -0.2) is 4.79 Å². The van der Waals surface area contributed by atoms with Gasteiger partial charge in [0, 0.05) is 19.6 Å². The Balaban J connectivity index is 2.28. The number of carbonyl (C=O) groups is 1. The number of esters is 1. The van der Waals surface area contributed by atoms with Crippen molar-refractivity contribution in [1.29, 1.82) is 0 Å². The molecule has 0 aromatic rings. The predicted molar refractivity (Wildman–Crippen MR) is 69.5 cm³/mol. The quantitative estimate of drug-likeness (QED) is 0.471. The molecule has 4 heteroatoms. The molecule has 0 spiro atoms. The minimum Gasteiger partial charge on any atom is -0.458 e. The van der Waals surface area contributed by atoms with Crippen molar-refractivity contribution >= 4 is 5.97 Å². The van der Waals surface area contributed by atoms with Crippen LogP contribution >= 0.6 is 0 Å². The number of hydrogen-bond donors (Lipinski definition) is 0. The first kappa shape index (κ1) is 15.4. The molecule has 0 radical (unpaired) electrons. The summed E-state index contributed by atoms with van der Waals surface area (Å²) in [6.45, 7) is 7.87. The topological polar surface area (TPSA) is 44.8 Å². The molecule has 0 aliphatic carbocycles. The number of cyclic esters (lactones) is 1. The fourth-order valence-corrected chi connectivity index (χ4v) is 1.95. The second kappa shape index (κ2) is 7.74. The van der Waals surface area contributed by atoms with E-state index in [0.29, 0.717) is 19.6 Å². The molecule has 1 heterocycles. The number of ether oxygens (including phenoxy) is 3. The van der Waals surface area contributed by atoms with E-state index in [1.54, 1.807) is 0 Å². The standard InChI is InChI=1S/C14H26O4/c1-4-6-8-16-11-12-10-14(3,13(15)18-12)17-9-7-5-2/h12H,4-11H2,1-3H3/t12-,14+/m0/s1. The van der Waals surface area contributed by atoms with Gasteiger partial charge in [-0.2, -0.15) is 0 Å². The van der Waals surface area contributed by atoms with Gasteiger partial charge in [0.2, 0.25) is 0 Å². The molecule has 0 unspecified atom stereocenters. The van der Waals surface area contributed by atoms with Gasteiger partial charge >= 0.3 is 5.97 Å². The molecule has 0 N–H and O–H groups in total. The van der Waals surface area contributed by atoms with E-state index >= 15 is 0 Å². The molecular formula is C14H26O4. The van der Waals surface area contributed by atoms with Gasteiger partial charge in [0.1, 0.15) is 6.10 Å². The van der Waals surface area contributed by atoms with Gasteiger partial charge in [-0.05, 0) is 19.8 Å². The zero-order valence-electron chi connectivity index (χ0n) is 11.9. The number of carbonyl (C=O) groups excluding carboxylic acids is 1. The summed E-state index contributed by atoms with van der Waals surface area (Å²) in [7, 11) is 0. The van der Waals surface area contributed by atoms with Crippen molar-refractivity contribution in [2.75, 3.05) is 19.8 Å². The van der Waals surface area contributed by atoms with Crippen molar-refractivity contribution in [3.63, 3.8) is 0 Å². The van der Waals surface area contributed by atoms with E-state index in [9.17, 15) is 4.79 Å². The summed E-state index contributed by atoms with van der Waals surface area (Å²) in [6, 6.07) is 0. The summed E-state index contributed by atoms with van der Waals surface area (Å²) in [5.41, 5.74) is -0.770. The van der Waals surface area contributed by atoms with Crippen LogP contribution in [0, 0.1) is 0 Å². The molecule has 1 rings (SSSR count).